The SMILES string of the molecule is CCC(=O)Nc1ccc(C)c(NS(=O)(=O)CCCl)c1. The number of rotatable bonds is 6. The van der Waals surface area contributed by atoms with Crippen LogP contribution in [0.5, 0.6) is 0 Å². The van der Waals surface area contributed by atoms with Crippen LogP contribution < -0.4 is 10.0 Å². The molecule has 1 amide bonds. The molecule has 0 saturated heterocycles. The smallest absolute Gasteiger partial charge is 0.233 e. The summed E-state index contributed by atoms with van der Waals surface area (Å²) in [6.07, 6.45) is 0.362. The van der Waals surface area contributed by atoms with Gasteiger partial charge in [0.1, 0.15) is 0 Å². The van der Waals surface area contributed by atoms with Crippen LogP contribution in [0.2, 0.25) is 0 Å². The number of halogens is 1. The van der Waals surface area contributed by atoms with Crippen molar-refractivity contribution < 1.29 is 13.2 Å². The lowest BCUT2D eigenvalue weighted by Crippen LogP contribution is -2.18. The highest BCUT2D eigenvalue weighted by molar-refractivity contribution is 7.92. The molecule has 0 aromatic heterocycles. The number of anilines is 2. The van der Waals surface area contributed by atoms with Crippen LogP contribution >= 0.6 is 11.6 Å². The van der Waals surface area contributed by atoms with Crippen molar-refractivity contribution in [3.63, 3.8) is 0 Å². The first-order valence-corrected chi connectivity index (χ1v) is 8.03. The zero-order chi connectivity index (χ0) is 14.5. The third-order valence-corrected chi connectivity index (χ3v) is 4.14. The van der Waals surface area contributed by atoms with Crippen molar-refractivity contribution >= 4 is 38.9 Å². The first-order valence-electron chi connectivity index (χ1n) is 5.85. The molecule has 0 saturated carbocycles. The van der Waals surface area contributed by atoms with Gasteiger partial charge in [0.2, 0.25) is 15.9 Å². The van der Waals surface area contributed by atoms with Crippen molar-refractivity contribution in [1.29, 1.82) is 0 Å². The Kier molecular flexibility index (Phi) is 5.62. The van der Waals surface area contributed by atoms with Gasteiger partial charge in [-0.1, -0.05) is 13.0 Å². The molecule has 0 aliphatic rings. The fourth-order valence-electron chi connectivity index (χ4n) is 1.38. The van der Waals surface area contributed by atoms with Crippen LogP contribution in [0.15, 0.2) is 18.2 Å². The lowest BCUT2D eigenvalue weighted by atomic mass is 10.2. The minimum atomic E-state index is -3.45. The van der Waals surface area contributed by atoms with Gasteiger partial charge in [-0.25, -0.2) is 8.42 Å². The van der Waals surface area contributed by atoms with Crippen LogP contribution in [-0.2, 0) is 14.8 Å². The zero-order valence-electron chi connectivity index (χ0n) is 10.9. The van der Waals surface area contributed by atoms with Gasteiger partial charge in [0.05, 0.1) is 11.4 Å². The predicted octanol–water partition coefficient (Wildman–Crippen LogP) is 2.32. The van der Waals surface area contributed by atoms with E-state index >= 15 is 0 Å². The number of aryl methyl sites for hydroxylation is 1. The standard InChI is InChI=1S/C12H17ClN2O3S/c1-3-12(16)14-10-5-4-9(2)11(8-10)15-19(17,18)7-6-13/h4-5,8,15H,3,6-7H2,1-2H3,(H,14,16). The summed E-state index contributed by atoms with van der Waals surface area (Å²) in [7, 11) is -3.45. The fraction of sp³-hybridized carbons (Fsp3) is 0.417. The first-order chi connectivity index (χ1) is 8.88. The summed E-state index contributed by atoms with van der Waals surface area (Å²) in [6, 6.07) is 5.06. The van der Waals surface area contributed by atoms with E-state index in [0.717, 1.165) is 5.56 Å². The number of carbonyl (C=O) groups is 1. The molecule has 1 aromatic rings. The molecule has 106 valence electrons. The van der Waals surface area contributed by atoms with Crippen molar-refractivity contribution in [3.8, 4) is 0 Å². The number of hydrogen-bond acceptors (Lipinski definition) is 3. The number of carbonyl (C=O) groups excluding carboxylic acids is 1. The van der Waals surface area contributed by atoms with E-state index in [1.54, 1.807) is 32.0 Å². The van der Waals surface area contributed by atoms with E-state index in [1.807, 2.05) is 0 Å². The van der Waals surface area contributed by atoms with Gasteiger partial charge in [-0.2, -0.15) is 0 Å². The van der Waals surface area contributed by atoms with Crippen LogP contribution in [0.1, 0.15) is 18.9 Å². The predicted molar refractivity (Wildman–Crippen MR) is 78.2 cm³/mol. The van der Waals surface area contributed by atoms with E-state index < -0.39 is 10.0 Å². The summed E-state index contributed by atoms with van der Waals surface area (Å²) in [6.45, 7) is 3.53. The number of nitrogens with one attached hydrogen (secondary N) is 2. The molecular formula is C12H17ClN2O3S. The topological polar surface area (TPSA) is 75.3 Å². The average molecular weight is 305 g/mol. The highest BCUT2D eigenvalue weighted by atomic mass is 35.5. The number of amides is 1. The van der Waals surface area contributed by atoms with E-state index in [0.29, 0.717) is 17.8 Å². The summed E-state index contributed by atoms with van der Waals surface area (Å²) in [4.78, 5) is 11.3. The maximum atomic E-state index is 11.7. The molecule has 1 aromatic carbocycles. The molecule has 7 heteroatoms. The van der Waals surface area contributed by atoms with Crippen molar-refractivity contribution in [1.82, 2.24) is 0 Å². The molecule has 2 N–H and O–H groups in total. The molecule has 0 aliphatic heterocycles. The molecule has 19 heavy (non-hydrogen) atoms. The first kappa shape index (κ1) is 15.8. The summed E-state index contributed by atoms with van der Waals surface area (Å²) in [5, 5.41) is 2.68. The maximum absolute atomic E-state index is 11.7. The molecule has 0 spiro atoms. The number of hydrogen-bond donors (Lipinski definition) is 2. The summed E-state index contributed by atoms with van der Waals surface area (Å²) < 4.78 is 25.8. The van der Waals surface area contributed by atoms with Gasteiger partial charge in [-0.3, -0.25) is 9.52 Å². The molecule has 0 unspecified atom stereocenters. The lowest BCUT2D eigenvalue weighted by Gasteiger charge is -2.12. The number of alkyl halides is 1. The van der Waals surface area contributed by atoms with Gasteiger partial charge < -0.3 is 5.32 Å². The second kappa shape index (κ2) is 6.77. The van der Waals surface area contributed by atoms with Crippen LogP contribution in [-0.4, -0.2) is 26.0 Å². The third kappa shape index (κ3) is 5.08. The van der Waals surface area contributed by atoms with Gasteiger partial charge in [-0.15, -0.1) is 11.6 Å². The van der Waals surface area contributed by atoms with Crippen molar-refractivity contribution in [2.24, 2.45) is 0 Å². The molecule has 0 atom stereocenters. The van der Waals surface area contributed by atoms with Crippen molar-refractivity contribution in [3.05, 3.63) is 23.8 Å². The highest BCUT2D eigenvalue weighted by Gasteiger charge is 2.11. The molecule has 5 nitrogen and oxygen atoms in total. The molecule has 0 heterocycles. The average Bonchev–Trinajstić information content (AvgIpc) is 2.32. The molecule has 0 fully saturated rings. The Morgan fingerprint density at radius 3 is 2.63 bits per heavy atom. The molecule has 0 aliphatic carbocycles. The van der Waals surface area contributed by atoms with Gasteiger partial charge in [0, 0.05) is 18.0 Å². The highest BCUT2D eigenvalue weighted by Crippen LogP contribution is 2.21. The molecule has 0 bridgehead atoms. The Balaban J connectivity index is 2.95. The van der Waals surface area contributed by atoms with Gasteiger partial charge in [-0.05, 0) is 24.6 Å². The van der Waals surface area contributed by atoms with Crippen LogP contribution in [0.3, 0.4) is 0 Å². The van der Waals surface area contributed by atoms with Crippen LogP contribution in [0.4, 0.5) is 11.4 Å². The Labute approximate surface area is 118 Å². The minimum Gasteiger partial charge on any atom is -0.326 e. The minimum absolute atomic E-state index is 0.0284. The summed E-state index contributed by atoms with van der Waals surface area (Å²) in [5.74, 6) is -0.251. The van der Waals surface area contributed by atoms with Gasteiger partial charge in [0.15, 0.2) is 0 Å². The largest absolute Gasteiger partial charge is 0.326 e. The lowest BCUT2D eigenvalue weighted by molar-refractivity contribution is -0.115. The van der Waals surface area contributed by atoms with E-state index in [2.05, 4.69) is 10.0 Å². The quantitative estimate of drug-likeness (QED) is 0.792. The maximum Gasteiger partial charge on any atom is 0.233 e. The monoisotopic (exact) mass is 304 g/mol. The second-order valence-electron chi connectivity index (χ2n) is 4.04. The fourth-order valence-corrected chi connectivity index (χ4v) is 2.85. The summed E-state index contributed by atoms with van der Waals surface area (Å²) >= 11 is 5.43. The zero-order valence-corrected chi connectivity index (χ0v) is 12.4. The summed E-state index contributed by atoms with van der Waals surface area (Å²) in [5.41, 5.74) is 1.77. The van der Waals surface area contributed by atoms with Crippen LogP contribution in [0.25, 0.3) is 0 Å². The molecule has 0 radical (unpaired) electrons. The van der Waals surface area contributed by atoms with Crippen molar-refractivity contribution in [2.45, 2.75) is 20.3 Å². The van der Waals surface area contributed by atoms with E-state index in [4.69, 9.17) is 11.6 Å². The second-order valence-corrected chi connectivity index (χ2v) is 6.26. The van der Waals surface area contributed by atoms with Gasteiger partial charge in [0.25, 0.3) is 0 Å². The third-order valence-electron chi connectivity index (χ3n) is 2.45. The number of benzene rings is 1. The van der Waals surface area contributed by atoms with E-state index in [9.17, 15) is 13.2 Å². The van der Waals surface area contributed by atoms with Gasteiger partial charge >= 0.3 is 0 Å². The molecule has 1 rings (SSSR count). The Morgan fingerprint density at radius 1 is 1.37 bits per heavy atom. The Morgan fingerprint density at radius 2 is 2.05 bits per heavy atom. The molecular weight excluding hydrogens is 288 g/mol. The normalized spacial score (nSPS) is 11.1. The Bertz CT molecular complexity index is 558. The van der Waals surface area contributed by atoms with Crippen molar-refractivity contribution in [2.75, 3.05) is 21.7 Å². The van der Waals surface area contributed by atoms with E-state index in [-0.39, 0.29) is 17.5 Å². The van der Waals surface area contributed by atoms with Crippen LogP contribution in [0, 0.1) is 6.92 Å². The Hall–Kier alpha value is -1.27. The number of sulfonamides is 1. The van der Waals surface area contributed by atoms with E-state index in [1.165, 1.54) is 0 Å².